The monoisotopic (exact) mass is 382 g/mol. The number of nitrogens with two attached hydrogens (primary N) is 1. The van der Waals surface area contributed by atoms with Gasteiger partial charge in [0.1, 0.15) is 12.1 Å². The lowest BCUT2D eigenvalue weighted by Crippen LogP contribution is -2.53. The maximum atomic E-state index is 12.2. The summed E-state index contributed by atoms with van der Waals surface area (Å²) in [6, 6.07) is -1.56. The van der Waals surface area contributed by atoms with Crippen LogP contribution in [0.15, 0.2) is 0 Å². The summed E-state index contributed by atoms with van der Waals surface area (Å²) in [5.41, 5.74) is 5.13. The Morgan fingerprint density at radius 3 is 2.11 bits per heavy atom. The van der Waals surface area contributed by atoms with Gasteiger partial charge in [0.25, 0.3) is 0 Å². The number of unbranched alkanes of at least 4 members (excludes halogenated alkanes) is 2. The molecule has 27 heavy (non-hydrogen) atoms. The predicted octanol–water partition coefficient (Wildman–Crippen LogP) is -0.173. The number of nitrogens with zero attached hydrogens (tertiary/aromatic N) is 1. The topological polar surface area (TPSA) is 139 Å². The fourth-order valence-corrected chi connectivity index (χ4v) is 2.76. The van der Waals surface area contributed by atoms with Crippen LogP contribution in [-0.2, 0) is 24.0 Å². The van der Waals surface area contributed by atoms with Crippen LogP contribution < -0.4 is 16.4 Å². The molecule has 0 aliphatic carbocycles. The van der Waals surface area contributed by atoms with E-state index < -0.39 is 23.9 Å². The second kappa shape index (κ2) is 10.6. The van der Waals surface area contributed by atoms with Crippen molar-refractivity contribution in [2.75, 3.05) is 6.54 Å². The standard InChI is InChI=1S/C18H30N4O5/c1-11(2)16(18(27)20-12(3)17(19)26)21-13(23)7-5-4-6-10-22-14(24)8-9-15(22)25/h11-12,16H,4-10H2,1-3H3,(H2,19,26)(H,20,27)(H,21,23)/t12-,16-/m0/s1. The molecule has 0 radical (unpaired) electrons. The van der Waals surface area contributed by atoms with Crippen molar-refractivity contribution in [2.45, 2.75) is 71.4 Å². The largest absolute Gasteiger partial charge is 0.368 e. The Morgan fingerprint density at radius 2 is 1.59 bits per heavy atom. The molecule has 1 heterocycles. The third-order valence-corrected chi connectivity index (χ3v) is 4.49. The number of carbonyl (C=O) groups excluding carboxylic acids is 5. The zero-order valence-electron chi connectivity index (χ0n) is 16.2. The van der Waals surface area contributed by atoms with E-state index in [2.05, 4.69) is 10.6 Å². The van der Waals surface area contributed by atoms with Gasteiger partial charge < -0.3 is 16.4 Å². The van der Waals surface area contributed by atoms with E-state index in [9.17, 15) is 24.0 Å². The van der Waals surface area contributed by atoms with Crippen LogP contribution in [-0.4, -0.2) is 53.1 Å². The van der Waals surface area contributed by atoms with Gasteiger partial charge >= 0.3 is 0 Å². The molecule has 4 N–H and O–H groups in total. The van der Waals surface area contributed by atoms with E-state index >= 15 is 0 Å². The Labute approximate surface area is 159 Å². The number of amides is 5. The number of likely N-dealkylation sites (tertiary alicyclic amines) is 1. The maximum Gasteiger partial charge on any atom is 0.243 e. The van der Waals surface area contributed by atoms with Crippen LogP contribution in [0.2, 0.25) is 0 Å². The molecule has 0 bridgehead atoms. The molecule has 1 fully saturated rings. The van der Waals surface area contributed by atoms with Crippen LogP contribution >= 0.6 is 0 Å². The minimum atomic E-state index is -0.813. The predicted molar refractivity (Wildman–Crippen MR) is 98.0 cm³/mol. The summed E-state index contributed by atoms with van der Waals surface area (Å²) >= 11 is 0. The number of hydrogen-bond acceptors (Lipinski definition) is 5. The smallest absolute Gasteiger partial charge is 0.243 e. The molecule has 1 aliphatic heterocycles. The van der Waals surface area contributed by atoms with Crippen LogP contribution in [0, 0.1) is 5.92 Å². The molecule has 1 saturated heterocycles. The molecule has 152 valence electrons. The van der Waals surface area contributed by atoms with Gasteiger partial charge in [-0.3, -0.25) is 28.9 Å². The van der Waals surface area contributed by atoms with Gasteiger partial charge in [0.2, 0.25) is 29.5 Å². The number of rotatable bonds is 11. The number of hydrogen-bond donors (Lipinski definition) is 3. The molecular weight excluding hydrogens is 352 g/mol. The molecule has 1 rings (SSSR count). The molecule has 0 aromatic heterocycles. The first kappa shape index (κ1) is 22.6. The average molecular weight is 382 g/mol. The van der Waals surface area contributed by atoms with Crippen molar-refractivity contribution in [3.05, 3.63) is 0 Å². The molecule has 1 aliphatic rings. The Balaban J connectivity index is 2.33. The molecule has 0 aromatic rings. The highest BCUT2D eigenvalue weighted by Crippen LogP contribution is 2.13. The SMILES string of the molecule is CC(C)[C@H](NC(=O)CCCCCN1C(=O)CCC1=O)C(=O)N[C@@H](C)C(N)=O. The minimum absolute atomic E-state index is 0.131. The van der Waals surface area contributed by atoms with Crippen molar-refractivity contribution in [1.82, 2.24) is 15.5 Å². The van der Waals surface area contributed by atoms with Crippen molar-refractivity contribution in [3.8, 4) is 0 Å². The molecule has 9 nitrogen and oxygen atoms in total. The van der Waals surface area contributed by atoms with Gasteiger partial charge in [-0.15, -0.1) is 0 Å². The van der Waals surface area contributed by atoms with Crippen LogP contribution in [0.1, 0.15) is 59.3 Å². The summed E-state index contributed by atoms with van der Waals surface area (Å²) in [5.74, 6) is -1.77. The van der Waals surface area contributed by atoms with Crippen molar-refractivity contribution in [2.24, 2.45) is 11.7 Å². The summed E-state index contributed by atoms with van der Waals surface area (Å²) < 4.78 is 0. The lowest BCUT2D eigenvalue weighted by atomic mass is 10.0. The van der Waals surface area contributed by atoms with E-state index in [1.165, 1.54) is 11.8 Å². The van der Waals surface area contributed by atoms with E-state index in [1.54, 1.807) is 13.8 Å². The minimum Gasteiger partial charge on any atom is -0.368 e. The van der Waals surface area contributed by atoms with E-state index in [0.29, 0.717) is 25.8 Å². The summed E-state index contributed by atoms with van der Waals surface area (Å²) in [7, 11) is 0. The first-order valence-corrected chi connectivity index (χ1v) is 9.35. The van der Waals surface area contributed by atoms with Crippen molar-refractivity contribution < 1.29 is 24.0 Å². The summed E-state index contributed by atoms with van der Waals surface area (Å²) in [6.45, 7) is 5.46. The maximum absolute atomic E-state index is 12.2. The average Bonchev–Trinajstić information content (AvgIpc) is 2.90. The van der Waals surface area contributed by atoms with E-state index in [-0.39, 0.29) is 42.9 Å². The van der Waals surface area contributed by atoms with E-state index in [4.69, 9.17) is 5.73 Å². The van der Waals surface area contributed by atoms with Crippen LogP contribution in [0.4, 0.5) is 0 Å². The fourth-order valence-electron chi connectivity index (χ4n) is 2.76. The fraction of sp³-hybridized carbons (Fsp3) is 0.722. The normalized spacial score (nSPS) is 16.4. The second-order valence-electron chi connectivity index (χ2n) is 7.17. The number of primary amides is 1. The summed E-state index contributed by atoms with van der Waals surface area (Å²) in [6.07, 6.45) is 2.75. The number of nitrogens with one attached hydrogen (secondary N) is 2. The Kier molecular flexibility index (Phi) is 8.90. The first-order chi connectivity index (χ1) is 12.6. The summed E-state index contributed by atoms with van der Waals surface area (Å²) in [5, 5.41) is 5.17. The van der Waals surface area contributed by atoms with Gasteiger partial charge in [-0.25, -0.2) is 0 Å². The molecule has 9 heteroatoms. The molecule has 0 aromatic carbocycles. The van der Waals surface area contributed by atoms with Gasteiger partial charge in [-0.05, 0) is 25.7 Å². The summed E-state index contributed by atoms with van der Waals surface area (Å²) in [4.78, 5) is 59.7. The highest BCUT2D eigenvalue weighted by atomic mass is 16.2. The second-order valence-corrected chi connectivity index (χ2v) is 7.17. The van der Waals surface area contributed by atoms with Crippen LogP contribution in [0.3, 0.4) is 0 Å². The zero-order valence-corrected chi connectivity index (χ0v) is 16.2. The van der Waals surface area contributed by atoms with E-state index in [1.807, 2.05) is 0 Å². The van der Waals surface area contributed by atoms with Gasteiger partial charge in [0.15, 0.2) is 0 Å². The molecule has 5 amide bonds. The van der Waals surface area contributed by atoms with Gasteiger partial charge in [-0.2, -0.15) is 0 Å². The highest BCUT2D eigenvalue weighted by molar-refractivity contribution is 6.01. The lowest BCUT2D eigenvalue weighted by Gasteiger charge is -2.23. The molecular formula is C18H30N4O5. The lowest BCUT2D eigenvalue weighted by molar-refractivity contribution is -0.138. The Hall–Kier alpha value is -2.45. The number of carbonyl (C=O) groups is 5. The molecule has 0 saturated carbocycles. The van der Waals surface area contributed by atoms with Crippen LogP contribution in [0.5, 0.6) is 0 Å². The highest BCUT2D eigenvalue weighted by Gasteiger charge is 2.28. The third-order valence-electron chi connectivity index (χ3n) is 4.49. The van der Waals surface area contributed by atoms with E-state index in [0.717, 1.165) is 0 Å². The van der Waals surface area contributed by atoms with Crippen molar-refractivity contribution >= 4 is 29.5 Å². The zero-order chi connectivity index (χ0) is 20.6. The Morgan fingerprint density at radius 1 is 1.00 bits per heavy atom. The molecule has 0 spiro atoms. The Bertz CT molecular complexity index is 574. The number of imide groups is 1. The van der Waals surface area contributed by atoms with Gasteiger partial charge in [-0.1, -0.05) is 20.3 Å². The van der Waals surface area contributed by atoms with Crippen molar-refractivity contribution in [1.29, 1.82) is 0 Å². The van der Waals surface area contributed by atoms with Crippen LogP contribution in [0.25, 0.3) is 0 Å². The quantitative estimate of drug-likeness (QED) is 0.336. The van der Waals surface area contributed by atoms with Gasteiger partial charge in [0, 0.05) is 25.8 Å². The molecule has 0 unspecified atom stereocenters. The first-order valence-electron chi connectivity index (χ1n) is 9.35. The molecule has 2 atom stereocenters. The van der Waals surface area contributed by atoms with Crippen molar-refractivity contribution in [3.63, 3.8) is 0 Å². The van der Waals surface area contributed by atoms with Gasteiger partial charge in [0.05, 0.1) is 0 Å². The third kappa shape index (κ3) is 7.36.